The molecule has 0 unspecified atom stereocenters. The van der Waals surface area contributed by atoms with E-state index in [1.165, 1.54) is 0 Å². The maximum absolute atomic E-state index is 12.2. The molecule has 0 aliphatic heterocycles. The van der Waals surface area contributed by atoms with Crippen LogP contribution in [0.5, 0.6) is 0 Å². The Kier molecular flexibility index (Phi) is 4.74. The molecule has 0 radical (unpaired) electrons. The third-order valence-corrected chi connectivity index (χ3v) is 3.93. The SMILES string of the molecule is C/C=C(\C)n1ncc2cc(NC(=O)N[C@H](C)c3ccccn3)ncc21. The van der Waals surface area contributed by atoms with Crippen molar-refractivity contribution < 1.29 is 4.79 Å². The molecule has 3 heterocycles. The number of allylic oxidation sites excluding steroid dienone is 2. The predicted molar refractivity (Wildman–Crippen MR) is 98.0 cm³/mol. The summed E-state index contributed by atoms with van der Waals surface area (Å²) >= 11 is 0. The number of nitrogens with one attached hydrogen (secondary N) is 2. The fraction of sp³-hybridized carbons (Fsp3) is 0.222. The summed E-state index contributed by atoms with van der Waals surface area (Å²) in [5.41, 5.74) is 2.70. The molecule has 0 aliphatic rings. The monoisotopic (exact) mass is 336 g/mol. The lowest BCUT2D eigenvalue weighted by molar-refractivity contribution is 0.249. The van der Waals surface area contributed by atoms with Crippen molar-refractivity contribution in [2.24, 2.45) is 0 Å². The van der Waals surface area contributed by atoms with E-state index < -0.39 is 0 Å². The lowest BCUT2D eigenvalue weighted by Gasteiger charge is -2.13. The first-order valence-corrected chi connectivity index (χ1v) is 8.04. The van der Waals surface area contributed by atoms with Crippen LogP contribution in [0.2, 0.25) is 0 Å². The van der Waals surface area contributed by atoms with E-state index in [9.17, 15) is 4.79 Å². The quantitative estimate of drug-likeness (QED) is 0.762. The highest BCUT2D eigenvalue weighted by atomic mass is 16.2. The molecule has 3 rings (SSSR count). The fourth-order valence-electron chi connectivity index (χ4n) is 2.45. The van der Waals surface area contributed by atoms with Gasteiger partial charge in [-0.05, 0) is 39.0 Å². The van der Waals surface area contributed by atoms with Crippen molar-refractivity contribution in [3.8, 4) is 0 Å². The lowest BCUT2D eigenvalue weighted by atomic mass is 10.2. The zero-order valence-corrected chi connectivity index (χ0v) is 14.4. The van der Waals surface area contributed by atoms with Crippen LogP contribution in [-0.2, 0) is 0 Å². The van der Waals surface area contributed by atoms with Crippen LogP contribution >= 0.6 is 0 Å². The Hall–Kier alpha value is -3.22. The van der Waals surface area contributed by atoms with Gasteiger partial charge in [-0.1, -0.05) is 12.1 Å². The Morgan fingerprint density at radius 2 is 2.12 bits per heavy atom. The molecule has 7 nitrogen and oxygen atoms in total. The van der Waals surface area contributed by atoms with E-state index in [1.54, 1.807) is 24.7 Å². The normalized spacial score (nSPS) is 12.8. The minimum absolute atomic E-state index is 0.204. The summed E-state index contributed by atoms with van der Waals surface area (Å²) in [5.74, 6) is 0.468. The second-order valence-electron chi connectivity index (χ2n) is 5.69. The van der Waals surface area contributed by atoms with Crippen LogP contribution in [0.15, 0.2) is 48.9 Å². The number of fused-ring (bicyclic) bond motifs is 1. The number of hydrogen-bond acceptors (Lipinski definition) is 4. The van der Waals surface area contributed by atoms with Crippen molar-refractivity contribution in [1.29, 1.82) is 0 Å². The largest absolute Gasteiger partial charge is 0.330 e. The Bertz CT molecular complexity index is 916. The molecule has 3 aromatic heterocycles. The summed E-state index contributed by atoms with van der Waals surface area (Å²) in [4.78, 5) is 20.7. The Balaban J connectivity index is 1.71. The first-order valence-electron chi connectivity index (χ1n) is 8.04. The Morgan fingerprint density at radius 3 is 2.84 bits per heavy atom. The third kappa shape index (κ3) is 3.65. The van der Waals surface area contributed by atoms with Crippen molar-refractivity contribution in [2.75, 3.05) is 5.32 Å². The molecule has 0 fully saturated rings. The molecule has 0 bridgehead atoms. The Morgan fingerprint density at radius 1 is 1.28 bits per heavy atom. The predicted octanol–water partition coefficient (Wildman–Crippen LogP) is 3.59. The number of urea groups is 1. The molecule has 2 amide bonds. The standard InChI is InChI=1S/C18H20N6O/c1-4-12(2)24-16-11-20-17(9-14(16)10-21-24)23-18(25)22-13(3)15-7-5-6-8-19-15/h4-11,13H,1-3H3,(H2,20,22,23,25)/b12-4+/t13-/m1/s1. The van der Waals surface area contributed by atoms with Gasteiger partial charge in [-0.15, -0.1) is 0 Å². The molecule has 25 heavy (non-hydrogen) atoms. The van der Waals surface area contributed by atoms with Gasteiger partial charge in [0, 0.05) is 17.3 Å². The van der Waals surface area contributed by atoms with Crippen LogP contribution in [0, 0.1) is 0 Å². The van der Waals surface area contributed by atoms with Gasteiger partial charge in [0.15, 0.2) is 0 Å². The van der Waals surface area contributed by atoms with Crippen molar-refractivity contribution in [2.45, 2.75) is 26.8 Å². The highest BCUT2D eigenvalue weighted by molar-refractivity contribution is 5.91. The topological polar surface area (TPSA) is 84.7 Å². The number of hydrogen-bond donors (Lipinski definition) is 2. The molecule has 0 saturated carbocycles. The van der Waals surface area contributed by atoms with Crippen LogP contribution in [0.25, 0.3) is 16.6 Å². The number of carbonyl (C=O) groups is 1. The van der Waals surface area contributed by atoms with Gasteiger partial charge in [0.25, 0.3) is 0 Å². The van der Waals surface area contributed by atoms with Crippen LogP contribution in [-0.4, -0.2) is 25.8 Å². The average molecular weight is 336 g/mol. The van der Waals surface area contributed by atoms with E-state index in [2.05, 4.69) is 25.7 Å². The van der Waals surface area contributed by atoms with E-state index >= 15 is 0 Å². The van der Waals surface area contributed by atoms with Gasteiger partial charge in [0.2, 0.25) is 0 Å². The van der Waals surface area contributed by atoms with Gasteiger partial charge in [-0.3, -0.25) is 10.3 Å². The second-order valence-corrected chi connectivity index (χ2v) is 5.69. The van der Waals surface area contributed by atoms with Gasteiger partial charge in [0.05, 0.1) is 29.6 Å². The van der Waals surface area contributed by atoms with Crippen molar-refractivity contribution in [3.05, 3.63) is 54.6 Å². The second kappa shape index (κ2) is 7.12. The van der Waals surface area contributed by atoms with Gasteiger partial charge >= 0.3 is 6.03 Å². The van der Waals surface area contributed by atoms with Crippen molar-refractivity contribution >= 4 is 28.4 Å². The highest BCUT2D eigenvalue weighted by Gasteiger charge is 2.12. The third-order valence-electron chi connectivity index (χ3n) is 3.93. The smallest absolute Gasteiger partial charge is 0.320 e. The summed E-state index contributed by atoms with van der Waals surface area (Å²) in [7, 11) is 0. The average Bonchev–Trinajstić information content (AvgIpc) is 3.04. The number of rotatable bonds is 4. The maximum Gasteiger partial charge on any atom is 0.320 e. The number of anilines is 1. The van der Waals surface area contributed by atoms with E-state index in [4.69, 9.17) is 0 Å². The lowest BCUT2D eigenvalue weighted by Crippen LogP contribution is -2.31. The summed E-state index contributed by atoms with van der Waals surface area (Å²) in [6.45, 7) is 5.81. The number of carbonyl (C=O) groups excluding carboxylic acids is 1. The van der Waals surface area contributed by atoms with Crippen LogP contribution in [0.3, 0.4) is 0 Å². The highest BCUT2D eigenvalue weighted by Crippen LogP contribution is 2.19. The fourth-order valence-corrected chi connectivity index (χ4v) is 2.45. The van der Waals surface area contributed by atoms with E-state index in [-0.39, 0.29) is 12.1 Å². The summed E-state index contributed by atoms with van der Waals surface area (Å²) in [6, 6.07) is 6.86. The van der Waals surface area contributed by atoms with E-state index in [0.29, 0.717) is 5.82 Å². The molecule has 7 heteroatoms. The first kappa shape index (κ1) is 16.6. The van der Waals surface area contributed by atoms with E-state index in [1.807, 2.05) is 49.7 Å². The number of aromatic nitrogens is 4. The molecule has 0 aliphatic carbocycles. The molecule has 0 saturated heterocycles. The summed E-state index contributed by atoms with van der Waals surface area (Å²) in [6.07, 6.45) is 7.13. The van der Waals surface area contributed by atoms with Gasteiger partial charge in [0.1, 0.15) is 5.82 Å². The van der Waals surface area contributed by atoms with Crippen LogP contribution < -0.4 is 10.6 Å². The number of amides is 2. The number of pyridine rings is 2. The molecule has 128 valence electrons. The molecule has 2 N–H and O–H groups in total. The van der Waals surface area contributed by atoms with Gasteiger partial charge in [-0.25, -0.2) is 14.5 Å². The van der Waals surface area contributed by atoms with Crippen LogP contribution in [0.1, 0.15) is 32.5 Å². The van der Waals surface area contributed by atoms with Crippen LogP contribution in [0.4, 0.5) is 10.6 Å². The molecule has 0 aromatic carbocycles. The molecular formula is C18H20N6O. The summed E-state index contributed by atoms with van der Waals surface area (Å²) in [5, 5.41) is 10.8. The minimum Gasteiger partial charge on any atom is -0.330 e. The van der Waals surface area contributed by atoms with Gasteiger partial charge < -0.3 is 5.32 Å². The summed E-state index contributed by atoms with van der Waals surface area (Å²) < 4.78 is 1.81. The van der Waals surface area contributed by atoms with E-state index in [0.717, 1.165) is 22.3 Å². The Labute approximate surface area is 145 Å². The zero-order valence-electron chi connectivity index (χ0n) is 14.4. The molecular weight excluding hydrogens is 316 g/mol. The minimum atomic E-state index is -0.331. The molecule has 0 spiro atoms. The molecule has 3 aromatic rings. The van der Waals surface area contributed by atoms with Crippen molar-refractivity contribution in [3.63, 3.8) is 0 Å². The molecule has 1 atom stereocenters. The zero-order chi connectivity index (χ0) is 17.8. The first-order chi connectivity index (χ1) is 12.1. The maximum atomic E-state index is 12.2. The number of nitrogens with zero attached hydrogens (tertiary/aromatic N) is 4. The van der Waals surface area contributed by atoms with Gasteiger partial charge in [-0.2, -0.15) is 5.10 Å². The van der Waals surface area contributed by atoms with Crippen molar-refractivity contribution in [1.82, 2.24) is 25.1 Å².